The Labute approximate surface area is 216 Å². The van der Waals surface area contributed by atoms with Gasteiger partial charge in [-0.3, -0.25) is 14.5 Å². The molecule has 192 valence electrons. The summed E-state index contributed by atoms with van der Waals surface area (Å²) in [5.41, 5.74) is 8.76. The summed E-state index contributed by atoms with van der Waals surface area (Å²) in [4.78, 5) is 31.8. The van der Waals surface area contributed by atoms with Gasteiger partial charge < -0.3 is 16.4 Å². The lowest BCUT2D eigenvalue weighted by Crippen LogP contribution is -2.40. The van der Waals surface area contributed by atoms with Crippen LogP contribution in [0.4, 0.5) is 21.6 Å². The van der Waals surface area contributed by atoms with Crippen molar-refractivity contribution < 1.29 is 14.0 Å². The molecule has 7 nitrogen and oxygen atoms in total. The minimum absolute atomic E-state index is 0.0259. The summed E-state index contributed by atoms with van der Waals surface area (Å²) in [5.74, 6) is -0.861. The quantitative estimate of drug-likeness (QED) is 0.329. The van der Waals surface area contributed by atoms with Gasteiger partial charge in [0, 0.05) is 30.6 Å². The second-order valence-electron chi connectivity index (χ2n) is 10.2. The fourth-order valence-corrected chi connectivity index (χ4v) is 4.44. The first kappa shape index (κ1) is 26.0. The second kappa shape index (κ2) is 10.9. The molecule has 4 N–H and O–H groups in total. The number of pyridine rings is 1. The Morgan fingerprint density at radius 2 is 1.76 bits per heavy atom. The van der Waals surface area contributed by atoms with Crippen molar-refractivity contribution in [1.29, 1.82) is 0 Å². The Kier molecular flexibility index (Phi) is 7.69. The maximum absolute atomic E-state index is 13.2. The van der Waals surface area contributed by atoms with E-state index in [4.69, 9.17) is 5.73 Å². The molecule has 0 aliphatic carbocycles. The molecule has 0 spiro atoms. The molecule has 1 aromatic heterocycles. The maximum atomic E-state index is 13.2. The van der Waals surface area contributed by atoms with E-state index < -0.39 is 5.82 Å². The van der Waals surface area contributed by atoms with E-state index in [9.17, 15) is 14.0 Å². The van der Waals surface area contributed by atoms with Gasteiger partial charge in [0.2, 0.25) is 11.8 Å². The number of nitrogen functional groups attached to an aromatic ring is 1. The number of nitrogens with two attached hydrogens (primary N) is 1. The molecule has 8 heteroatoms. The Bertz CT molecular complexity index is 1280. The fourth-order valence-electron chi connectivity index (χ4n) is 4.44. The number of hydrogen-bond donors (Lipinski definition) is 3. The summed E-state index contributed by atoms with van der Waals surface area (Å²) in [6.45, 7) is 7.73. The van der Waals surface area contributed by atoms with Crippen LogP contribution in [0, 0.1) is 11.7 Å². The van der Waals surface area contributed by atoms with Gasteiger partial charge in [-0.2, -0.15) is 0 Å². The van der Waals surface area contributed by atoms with Crippen LogP contribution in [0.3, 0.4) is 0 Å². The van der Waals surface area contributed by atoms with E-state index in [1.54, 1.807) is 24.3 Å². The lowest BCUT2D eigenvalue weighted by Gasteiger charge is -2.31. The Morgan fingerprint density at radius 3 is 2.41 bits per heavy atom. The van der Waals surface area contributed by atoms with Crippen molar-refractivity contribution in [3.8, 4) is 0 Å². The highest BCUT2D eigenvalue weighted by atomic mass is 19.1. The summed E-state index contributed by atoms with van der Waals surface area (Å²) < 4.78 is 13.2. The Balaban J connectivity index is 1.47. The van der Waals surface area contributed by atoms with Crippen LogP contribution in [-0.2, 0) is 9.59 Å². The number of nitrogens with zero attached hydrogens (tertiary/aromatic N) is 2. The number of carbonyl (C=O) groups excluding carboxylic acids is 2. The molecule has 37 heavy (non-hydrogen) atoms. The van der Waals surface area contributed by atoms with Gasteiger partial charge in [-0.25, -0.2) is 9.37 Å². The van der Waals surface area contributed by atoms with E-state index in [1.807, 2.05) is 30.3 Å². The number of halogens is 1. The van der Waals surface area contributed by atoms with Gasteiger partial charge in [0.05, 0.1) is 23.5 Å². The molecule has 2 heterocycles. The van der Waals surface area contributed by atoms with Crippen molar-refractivity contribution in [3.05, 3.63) is 89.9 Å². The molecule has 2 unspecified atom stereocenters. The normalized spacial score (nSPS) is 18.2. The molecule has 2 aromatic carbocycles. The molecule has 2 atom stereocenters. The minimum Gasteiger partial charge on any atom is -0.397 e. The third-order valence-corrected chi connectivity index (χ3v) is 6.59. The van der Waals surface area contributed by atoms with Crippen molar-refractivity contribution >= 4 is 35.1 Å². The summed E-state index contributed by atoms with van der Waals surface area (Å²) in [6, 6.07) is 17.7. The van der Waals surface area contributed by atoms with Crippen molar-refractivity contribution in [3.63, 3.8) is 0 Å². The molecule has 0 radical (unpaired) electrons. The highest BCUT2D eigenvalue weighted by molar-refractivity contribution is 6.03. The molecule has 0 saturated carbocycles. The largest absolute Gasteiger partial charge is 0.397 e. The van der Waals surface area contributed by atoms with E-state index >= 15 is 0 Å². The van der Waals surface area contributed by atoms with E-state index in [-0.39, 0.29) is 29.2 Å². The first-order chi connectivity index (χ1) is 17.6. The van der Waals surface area contributed by atoms with Gasteiger partial charge >= 0.3 is 0 Å². The zero-order valence-electron chi connectivity index (χ0n) is 21.2. The van der Waals surface area contributed by atoms with Gasteiger partial charge in [-0.15, -0.1) is 0 Å². The zero-order valence-corrected chi connectivity index (χ0v) is 21.2. The van der Waals surface area contributed by atoms with E-state index in [2.05, 4.69) is 41.3 Å². The van der Waals surface area contributed by atoms with Crippen LogP contribution < -0.4 is 16.4 Å². The summed E-state index contributed by atoms with van der Waals surface area (Å²) >= 11 is 0. The molecule has 1 aliphatic heterocycles. The van der Waals surface area contributed by atoms with Crippen molar-refractivity contribution in [1.82, 2.24) is 9.88 Å². The molecule has 2 amide bonds. The number of amides is 2. The number of aromatic nitrogens is 1. The van der Waals surface area contributed by atoms with Crippen molar-refractivity contribution in [2.75, 3.05) is 29.5 Å². The summed E-state index contributed by atoms with van der Waals surface area (Å²) in [7, 11) is 0. The molecule has 1 saturated heterocycles. The number of benzene rings is 2. The first-order valence-electron chi connectivity index (χ1n) is 12.2. The van der Waals surface area contributed by atoms with Crippen molar-refractivity contribution in [2.45, 2.75) is 32.2 Å². The highest BCUT2D eigenvalue weighted by Gasteiger charge is 2.42. The van der Waals surface area contributed by atoms with E-state index in [1.165, 1.54) is 18.2 Å². The van der Waals surface area contributed by atoms with Crippen LogP contribution in [-0.4, -0.2) is 40.3 Å². The standard InChI is InChI=1S/C29H32FN5O2/c1-29(2,3)35-17-22(23(18-35)28(37)34-26-14-13-21(30)16-32-26)20-11-8-19(9-12-20)10-15-27(36)33-25-7-5-4-6-24(25)31/h4-16,22-23H,17-18,31H2,1-3H3,(H,33,36)(H,32,34,37). The highest BCUT2D eigenvalue weighted by Crippen LogP contribution is 2.37. The van der Waals surface area contributed by atoms with Gasteiger partial charge in [0.15, 0.2) is 0 Å². The lowest BCUT2D eigenvalue weighted by molar-refractivity contribution is -0.120. The van der Waals surface area contributed by atoms with Crippen molar-refractivity contribution in [2.24, 2.45) is 5.92 Å². The number of rotatable bonds is 6. The third kappa shape index (κ3) is 6.59. The minimum atomic E-state index is -0.452. The molecule has 4 rings (SSSR count). The number of anilines is 3. The SMILES string of the molecule is CC(C)(C)N1CC(C(=O)Nc2ccc(F)cn2)C(c2ccc(C=CC(=O)Nc3ccccc3N)cc2)C1. The predicted octanol–water partition coefficient (Wildman–Crippen LogP) is 4.91. The van der Waals surface area contributed by atoms with Crippen LogP contribution in [0.5, 0.6) is 0 Å². The van der Waals surface area contributed by atoms with Crippen LogP contribution in [0.2, 0.25) is 0 Å². The van der Waals surface area contributed by atoms with Crippen LogP contribution in [0.1, 0.15) is 37.8 Å². The topological polar surface area (TPSA) is 100 Å². The molecule has 1 fully saturated rings. The fraction of sp³-hybridized carbons (Fsp3) is 0.276. The number of likely N-dealkylation sites (tertiary alicyclic amines) is 1. The smallest absolute Gasteiger partial charge is 0.248 e. The van der Waals surface area contributed by atoms with Gasteiger partial charge in [-0.1, -0.05) is 36.4 Å². The maximum Gasteiger partial charge on any atom is 0.248 e. The van der Waals surface area contributed by atoms with Gasteiger partial charge in [0.1, 0.15) is 11.6 Å². The number of carbonyl (C=O) groups is 2. The van der Waals surface area contributed by atoms with E-state index in [0.717, 1.165) is 23.9 Å². The average molecular weight is 502 g/mol. The predicted molar refractivity (Wildman–Crippen MR) is 145 cm³/mol. The Hall–Kier alpha value is -4.04. The number of para-hydroxylation sites is 2. The molecule has 0 bridgehead atoms. The number of hydrogen-bond acceptors (Lipinski definition) is 5. The lowest BCUT2D eigenvalue weighted by atomic mass is 9.88. The zero-order chi connectivity index (χ0) is 26.6. The van der Waals surface area contributed by atoms with Crippen LogP contribution in [0.25, 0.3) is 6.08 Å². The first-order valence-corrected chi connectivity index (χ1v) is 12.2. The van der Waals surface area contributed by atoms with E-state index in [0.29, 0.717) is 23.7 Å². The van der Waals surface area contributed by atoms with Crippen LogP contribution in [0.15, 0.2) is 72.9 Å². The average Bonchev–Trinajstić information content (AvgIpc) is 3.32. The Morgan fingerprint density at radius 1 is 1.03 bits per heavy atom. The van der Waals surface area contributed by atoms with Gasteiger partial charge in [-0.05, 0) is 62.2 Å². The third-order valence-electron chi connectivity index (χ3n) is 6.59. The molecule has 1 aliphatic rings. The molecule has 3 aromatic rings. The van der Waals surface area contributed by atoms with Gasteiger partial charge in [0.25, 0.3) is 0 Å². The monoisotopic (exact) mass is 501 g/mol. The van der Waals surface area contributed by atoms with Crippen LogP contribution >= 0.6 is 0 Å². The summed E-state index contributed by atoms with van der Waals surface area (Å²) in [6.07, 6.45) is 4.29. The molecular formula is C29H32FN5O2. The molecular weight excluding hydrogens is 469 g/mol. The number of nitrogens with one attached hydrogen (secondary N) is 2. The second-order valence-corrected chi connectivity index (χ2v) is 10.2. The summed E-state index contributed by atoms with van der Waals surface area (Å²) in [5, 5.41) is 5.61.